The van der Waals surface area contributed by atoms with E-state index in [9.17, 15) is 22.4 Å². The number of rotatable bonds is 7. The van der Waals surface area contributed by atoms with Crippen molar-refractivity contribution in [3.8, 4) is 11.1 Å². The van der Waals surface area contributed by atoms with Crippen LogP contribution in [-0.2, 0) is 23.1 Å². The first-order valence-corrected chi connectivity index (χ1v) is 11.9. The minimum atomic E-state index is -4.46. The number of hydrogen-bond donors (Lipinski definition) is 1. The Morgan fingerprint density at radius 1 is 1.05 bits per heavy atom. The first-order chi connectivity index (χ1) is 18.7. The number of aromatic nitrogens is 6. The lowest BCUT2D eigenvalue weighted by Gasteiger charge is -2.14. The second kappa shape index (κ2) is 9.26. The summed E-state index contributed by atoms with van der Waals surface area (Å²) in [4.78, 5) is 29.5. The van der Waals surface area contributed by atoms with Crippen molar-refractivity contribution < 1.29 is 26.9 Å². The van der Waals surface area contributed by atoms with Gasteiger partial charge in [0.1, 0.15) is 17.1 Å². The standard InChI is InChI=1S/C26H19F4N7O2/c27-19-7-15(17-11-32-21(33-12-17)9-18-13-34-23-14-31-5-6-37(18)23)1-2-16(19)8-24(38)35-22-10-20(39-36-22)25(3-4-25)26(28,29)30/h1-2,5-7,10-14H,3-4,8-9H2,(H,35,36,38). The molecule has 1 amide bonds. The molecule has 0 spiro atoms. The minimum Gasteiger partial charge on any atom is -0.358 e. The smallest absolute Gasteiger partial charge is 0.358 e. The average molecular weight is 537 g/mol. The van der Waals surface area contributed by atoms with Crippen LogP contribution in [0.25, 0.3) is 16.8 Å². The number of amides is 1. The molecule has 1 aliphatic carbocycles. The topological polar surface area (TPSA) is 111 Å². The number of hydrogen-bond acceptors (Lipinski definition) is 7. The zero-order valence-electron chi connectivity index (χ0n) is 20.1. The van der Waals surface area contributed by atoms with E-state index in [1.165, 1.54) is 12.1 Å². The minimum absolute atomic E-state index is 0.0930. The summed E-state index contributed by atoms with van der Waals surface area (Å²) >= 11 is 0. The summed E-state index contributed by atoms with van der Waals surface area (Å²) in [6.07, 6.45) is 5.47. The summed E-state index contributed by atoms with van der Waals surface area (Å²) in [6.45, 7) is 0. The van der Waals surface area contributed by atoms with Gasteiger partial charge in [-0.2, -0.15) is 13.2 Å². The Labute approximate surface area is 217 Å². The van der Waals surface area contributed by atoms with Gasteiger partial charge in [-0.25, -0.2) is 19.3 Å². The molecular formula is C26H19F4N7O2. The first kappa shape index (κ1) is 24.6. The van der Waals surface area contributed by atoms with Crippen LogP contribution in [0.15, 0.2) is 66.0 Å². The van der Waals surface area contributed by atoms with Crippen molar-refractivity contribution in [1.29, 1.82) is 0 Å². The Kier molecular flexibility index (Phi) is 5.85. The molecule has 198 valence electrons. The maximum absolute atomic E-state index is 14.8. The zero-order valence-corrected chi connectivity index (χ0v) is 20.1. The Balaban J connectivity index is 1.10. The van der Waals surface area contributed by atoms with Gasteiger partial charge in [-0.1, -0.05) is 17.3 Å². The van der Waals surface area contributed by atoms with E-state index in [0.717, 1.165) is 11.8 Å². The molecule has 0 saturated heterocycles. The second-order valence-corrected chi connectivity index (χ2v) is 9.31. The van der Waals surface area contributed by atoms with Gasteiger partial charge in [0, 0.05) is 49.0 Å². The Morgan fingerprint density at radius 3 is 2.56 bits per heavy atom. The van der Waals surface area contributed by atoms with Crippen molar-refractivity contribution in [1.82, 2.24) is 29.5 Å². The molecule has 0 radical (unpaired) electrons. The molecule has 6 rings (SSSR count). The van der Waals surface area contributed by atoms with E-state index in [1.54, 1.807) is 43.2 Å². The highest BCUT2D eigenvalue weighted by molar-refractivity contribution is 5.91. The van der Waals surface area contributed by atoms with Crippen LogP contribution in [0.1, 0.15) is 35.7 Å². The van der Waals surface area contributed by atoms with Crippen LogP contribution in [0.3, 0.4) is 0 Å². The van der Waals surface area contributed by atoms with Gasteiger partial charge in [0.05, 0.1) is 18.3 Å². The van der Waals surface area contributed by atoms with Gasteiger partial charge in [-0.05, 0) is 30.0 Å². The molecule has 1 saturated carbocycles. The number of benzene rings is 1. The van der Waals surface area contributed by atoms with Gasteiger partial charge >= 0.3 is 6.18 Å². The van der Waals surface area contributed by atoms with E-state index < -0.39 is 23.3 Å². The summed E-state index contributed by atoms with van der Waals surface area (Å²) in [5, 5.41) is 5.88. The van der Waals surface area contributed by atoms with Gasteiger partial charge in [-0.3, -0.25) is 9.78 Å². The molecular weight excluding hydrogens is 518 g/mol. The van der Waals surface area contributed by atoms with E-state index in [0.29, 0.717) is 29.0 Å². The van der Waals surface area contributed by atoms with E-state index in [2.05, 4.69) is 30.4 Å². The van der Waals surface area contributed by atoms with Crippen LogP contribution >= 0.6 is 0 Å². The van der Waals surface area contributed by atoms with E-state index >= 15 is 0 Å². The fourth-order valence-corrected chi connectivity index (χ4v) is 4.37. The third-order valence-electron chi connectivity index (χ3n) is 6.72. The van der Waals surface area contributed by atoms with Crippen molar-refractivity contribution in [3.05, 3.63) is 90.1 Å². The molecule has 5 aromatic rings. The molecule has 0 unspecified atom stereocenters. The van der Waals surface area contributed by atoms with E-state index in [1.807, 2.05) is 4.40 Å². The second-order valence-electron chi connectivity index (χ2n) is 9.31. The normalized spacial score (nSPS) is 14.5. The quantitative estimate of drug-likeness (QED) is 0.300. The summed E-state index contributed by atoms with van der Waals surface area (Å²) in [7, 11) is 0. The molecule has 0 atom stereocenters. The van der Waals surface area contributed by atoms with Crippen molar-refractivity contribution in [2.45, 2.75) is 37.3 Å². The van der Waals surface area contributed by atoms with Crippen LogP contribution in [-0.4, -0.2) is 41.6 Å². The average Bonchev–Trinajstić information content (AvgIpc) is 3.46. The van der Waals surface area contributed by atoms with Gasteiger partial charge < -0.3 is 14.2 Å². The van der Waals surface area contributed by atoms with Gasteiger partial charge in [0.25, 0.3) is 0 Å². The highest BCUT2D eigenvalue weighted by atomic mass is 19.4. The molecule has 1 N–H and O–H groups in total. The lowest BCUT2D eigenvalue weighted by Crippen LogP contribution is -2.28. The Morgan fingerprint density at radius 2 is 1.85 bits per heavy atom. The number of halogens is 4. The first-order valence-electron chi connectivity index (χ1n) is 11.9. The fourth-order valence-electron chi connectivity index (χ4n) is 4.37. The number of alkyl halides is 3. The Hall–Kier alpha value is -4.68. The van der Waals surface area contributed by atoms with Crippen LogP contribution in [0.5, 0.6) is 0 Å². The summed E-state index contributed by atoms with van der Waals surface area (Å²) in [5.41, 5.74) is 0.777. The number of carbonyl (C=O) groups is 1. The molecule has 1 aromatic carbocycles. The lowest BCUT2D eigenvalue weighted by atomic mass is 10.0. The summed E-state index contributed by atoms with van der Waals surface area (Å²) in [5.74, 6) is -1.20. The van der Waals surface area contributed by atoms with Crippen LogP contribution < -0.4 is 5.32 Å². The van der Waals surface area contributed by atoms with Crippen molar-refractivity contribution in [2.24, 2.45) is 0 Å². The molecule has 39 heavy (non-hydrogen) atoms. The fraction of sp³-hybridized carbons (Fsp3) is 0.231. The molecule has 4 heterocycles. The molecule has 13 heteroatoms. The number of nitrogens with zero attached hydrogens (tertiary/aromatic N) is 6. The number of fused-ring (bicyclic) bond motifs is 1. The monoisotopic (exact) mass is 537 g/mol. The molecule has 1 fully saturated rings. The highest BCUT2D eigenvalue weighted by Crippen LogP contribution is 2.59. The zero-order chi connectivity index (χ0) is 27.2. The predicted molar refractivity (Wildman–Crippen MR) is 129 cm³/mol. The van der Waals surface area contributed by atoms with E-state index in [4.69, 9.17) is 4.52 Å². The number of carbonyl (C=O) groups excluding carboxylic acids is 1. The van der Waals surface area contributed by atoms with E-state index in [-0.39, 0.29) is 36.4 Å². The maximum atomic E-state index is 14.8. The molecule has 9 nitrogen and oxygen atoms in total. The van der Waals surface area contributed by atoms with Gasteiger partial charge in [0.15, 0.2) is 17.2 Å². The largest absolute Gasteiger partial charge is 0.401 e. The number of anilines is 1. The van der Waals surface area contributed by atoms with Crippen molar-refractivity contribution >= 4 is 17.4 Å². The molecule has 4 aromatic heterocycles. The summed E-state index contributed by atoms with van der Waals surface area (Å²) in [6, 6.07) is 5.43. The SMILES string of the molecule is O=C(Cc1ccc(-c2cnc(Cc3cnc4cnccn34)nc2)cc1F)Nc1cc(C2(C(F)(F)F)CC2)on1. The van der Waals surface area contributed by atoms with Crippen LogP contribution in [0.4, 0.5) is 23.4 Å². The Bertz CT molecular complexity index is 1670. The van der Waals surface area contributed by atoms with Gasteiger partial charge in [0.2, 0.25) is 5.91 Å². The van der Waals surface area contributed by atoms with Crippen LogP contribution in [0, 0.1) is 5.82 Å². The van der Waals surface area contributed by atoms with Crippen molar-refractivity contribution in [3.63, 3.8) is 0 Å². The predicted octanol–water partition coefficient (Wildman–Crippen LogP) is 4.68. The summed E-state index contributed by atoms with van der Waals surface area (Å²) < 4.78 is 61.3. The highest BCUT2D eigenvalue weighted by Gasteiger charge is 2.66. The van der Waals surface area contributed by atoms with Crippen molar-refractivity contribution in [2.75, 3.05) is 5.32 Å². The lowest BCUT2D eigenvalue weighted by molar-refractivity contribution is -0.165. The third-order valence-corrected chi connectivity index (χ3v) is 6.72. The number of nitrogens with one attached hydrogen (secondary N) is 1. The number of imidazole rings is 1. The molecule has 0 bridgehead atoms. The maximum Gasteiger partial charge on any atom is 0.401 e. The molecule has 1 aliphatic rings. The van der Waals surface area contributed by atoms with Gasteiger partial charge in [-0.15, -0.1) is 0 Å². The third kappa shape index (κ3) is 4.71. The molecule has 0 aliphatic heterocycles. The van der Waals surface area contributed by atoms with Crippen LogP contribution in [0.2, 0.25) is 0 Å².